The van der Waals surface area contributed by atoms with Gasteiger partial charge in [0.05, 0.1) is 5.56 Å². The summed E-state index contributed by atoms with van der Waals surface area (Å²) in [6.07, 6.45) is 4.53. The fourth-order valence-electron chi connectivity index (χ4n) is 2.25. The van der Waals surface area contributed by atoms with E-state index in [2.05, 4.69) is 10.3 Å². The molecule has 0 unspecified atom stereocenters. The molecule has 6 heteroatoms. The van der Waals surface area contributed by atoms with Gasteiger partial charge < -0.3 is 0 Å². The molecule has 0 aliphatic rings. The third kappa shape index (κ3) is 4.17. The number of halogens is 1. The van der Waals surface area contributed by atoms with E-state index in [1.165, 1.54) is 11.3 Å². The first kappa shape index (κ1) is 17.0. The molecule has 1 aromatic heterocycles. The van der Waals surface area contributed by atoms with Gasteiger partial charge in [0.2, 0.25) is 0 Å². The summed E-state index contributed by atoms with van der Waals surface area (Å²) >= 11 is 8.94. The molecule has 2 aromatic carbocycles. The van der Waals surface area contributed by atoms with Gasteiger partial charge in [-0.3, -0.25) is 10.1 Å². The molecule has 0 bridgehead atoms. The number of hydrogen-bond donors (Lipinski definition) is 1. The van der Waals surface area contributed by atoms with Crippen LogP contribution in [-0.2, 0) is 6.42 Å². The Morgan fingerprint density at radius 3 is 2.71 bits per heavy atom. The van der Waals surface area contributed by atoms with E-state index in [4.69, 9.17) is 11.6 Å². The van der Waals surface area contributed by atoms with Crippen molar-refractivity contribution < 1.29 is 4.79 Å². The molecule has 24 heavy (non-hydrogen) atoms. The molecule has 0 fully saturated rings. The van der Waals surface area contributed by atoms with Crippen LogP contribution in [0, 0.1) is 0 Å². The van der Waals surface area contributed by atoms with E-state index in [0.29, 0.717) is 10.7 Å². The van der Waals surface area contributed by atoms with E-state index in [1.54, 1.807) is 18.0 Å². The molecule has 0 saturated carbocycles. The summed E-state index contributed by atoms with van der Waals surface area (Å²) in [5, 5.41) is 4.22. The number of thioether (sulfide) groups is 1. The zero-order valence-electron chi connectivity index (χ0n) is 13.0. The Kier molecular flexibility index (Phi) is 5.56. The second-order valence-corrected chi connectivity index (χ2v) is 7.49. The van der Waals surface area contributed by atoms with Crippen molar-refractivity contribution in [2.24, 2.45) is 0 Å². The molecule has 0 saturated heterocycles. The first-order valence-electron chi connectivity index (χ1n) is 7.29. The number of carbonyl (C=O) groups is 1. The first-order chi connectivity index (χ1) is 11.7. The van der Waals surface area contributed by atoms with E-state index in [-0.39, 0.29) is 5.91 Å². The SMILES string of the molecule is CSc1ccccc1C(=O)Nc1ncc(Cc2ccc(Cl)cc2)s1. The monoisotopic (exact) mass is 374 g/mol. The number of benzene rings is 2. The number of rotatable bonds is 5. The van der Waals surface area contributed by atoms with Crippen LogP contribution >= 0.6 is 34.7 Å². The van der Waals surface area contributed by atoms with Gasteiger partial charge in [-0.25, -0.2) is 4.98 Å². The summed E-state index contributed by atoms with van der Waals surface area (Å²) in [7, 11) is 0. The Hall–Kier alpha value is -1.82. The van der Waals surface area contributed by atoms with E-state index in [1.807, 2.05) is 54.8 Å². The van der Waals surface area contributed by atoms with Gasteiger partial charge in [-0.15, -0.1) is 23.1 Å². The van der Waals surface area contributed by atoms with Crippen molar-refractivity contribution in [1.29, 1.82) is 0 Å². The van der Waals surface area contributed by atoms with Gasteiger partial charge in [-0.1, -0.05) is 35.9 Å². The van der Waals surface area contributed by atoms with Crippen molar-refractivity contribution in [2.45, 2.75) is 11.3 Å². The summed E-state index contributed by atoms with van der Waals surface area (Å²) in [6.45, 7) is 0. The minimum Gasteiger partial charge on any atom is -0.298 e. The van der Waals surface area contributed by atoms with Gasteiger partial charge >= 0.3 is 0 Å². The van der Waals surface area contributed by atoms with Crippen molar-refractivity contribution in [1.82, 2.24) is 4.98 Å². The predicted molar refractivity (Wildman–Crippen MR) is 103 cm³/mol. The van der Waals surface area contributed by atoms with Crippen LogP contribution < -0.4 is 5.32 Å². The lowest BCUT2D eigenvalue weighted by atomic mass is 10.1. The average molecular weight is 375 g/mol. The second-order valence-electron chi connectivity index (χ2n) is 5.09. The normalized spacial score (nSPS) is 10.6. The molecule has 0 aliphatic heterocycles. The average Bonchev–Trinajstić information content (AvgIpc) is 3.03. The summed E-state index contributed by atoms with van der Waals surface area (Å²) in [5.41, 5.74) is 1.83. The lowest BCUT2D eigenvalue weighted by molar-refractivity contribution is 0.102. The molecular weight excluding hydrogens is 360 g/mol. The number of hydrogen-bond acceptors (Lipinski definition) is 4. The van der Waals surface area contributed by atoms with Crippen molar-refractivity contribution in [2.75, 3.05) is 11.6 Å². The third-order valence-electron chi connectivity index (χ3n) is 3.42. The minimum absolute atomic E-state index is 0.132. The molecule has 1 amide bonds. The highest BCUT2D eigenvalue weighted by Gasteiger charge is 2.12. The Bertz CT molecular complexity index is 846. The predicted octanol–water partition coefficient (Wildman–Crippen LogP) is 5.36. The van der Waals surface area contributed by atoms with Crippen LogP contribution in [0.2, 0.25) is 5.02 Å². The molecular formula is C18H15ClN2OS2. The molecule has 1 heterocycles. The van der Waals surface area contributed by atoms with E-state index in [0.717, 1.165) is 26.8 Å². The van der Waals surface area contributed by atoms with Crippen LogP contribution in [0.25, 0.3) is 0 Å². The minimum atomic E-state index is -0.132. The van der Waals surface area contributed by atoms with Crippen LogP contribution in [0.15, 0.2) is 59.6 Å². The molecule has 0 atom stereocenters. The number of anilines is 1. The Balaban J connectivity index is 1.69. The molecule has 0 aliphatic carbocycles. The molecule has 122 valence electrons. The van der Waals surface area contributed by atoms with Crippen LogP contribution in [-0.4, -0.2) is 17.1 Å². The number of nitrogens with one attached hydrogen (secondary N) is 1. The van der Waals surface area contributed by atoms with Crippen molar-refractivity contribution in [3.63, 3.8) is 0 Å². The lowest BCUT2D eigenvalue weighted by Crippen LogP contribution is -2.12. The van der Waals surface area contributed by atoms with Crippen LogP contribution in [0.1, 0.15) is 20.8 Å². The summed E-state index contributed by atoms with van der Waals surface area (Å²) < 4.78 is 0. The van der Waals surface area contributed by atoms with E-state index in [9.17, 15) is 4.79 Å². The summed E-state index contributed by atoms with van der Waals surface area (Å²) in [5.74, 6) is -0.132. The van der Waals surface area contributed by atoms with Gasteiger partial charge in [0.1, 0.15) is 0 Å². The number of nitrogens with zero attached hydrogens (tertiary/aromatic N) is 1. The molecule has 3 aromatic rings. The molecule has 3 nitrogen and oxygen atoms in total. The summed E-state index contributed by atoms with van der Waals surface area (Å²) in [6, 6.07) is 15.3. The zero-order valence-corrected chi connectivity index (χ0v) is 15.3. The zero-order chi connectivity index (χ0) is 16.9. The first-order valence-corrected chi connectivity index (χ1v) is 9.71. The smallest absolute Gasteiger partial charge is 0.258 e. The molecule has 1 N–H and O–H groups in total. The second kappa shape index (κ2) is 7.83. The number of aromatic nitrogens is 1. The highest BCUT2D eigenvalue weighted by Crippen LogP contribution is 2.24. The highest BCUT2D eigenvalue weighted by molar-refractivity contribution is 7.98. The Labute approximate surface area is 154 Å². The maximum atomic E-state index is 12.4. The van der Waals surface area contributed by atoms with Crippen molar-refractivity contribution in [3.05, 3.63) is 75.8 Å². The number of carbonyl (C=O) groups excluding carboxylic acids is 1. The standard InChI is InChI=1S/C18H15ClN2OS2/c1-23-16-5-3-2-4-15(16)17(22)21-18-20-11-14(24-18)10-12-6-8-13(19)9-7-12/h2-9,11H,10H2,1H3,(H,20,21,22). The molecule has 3 rings (SSSR count). The van der Waals surface area contributed by atoms with Crippen molar-refractivity contribution >= 4 is 45.7 Å². The maximum Gasteiger partial charge on any atom is 0.258 e. The van der Waals surface area contributed by atoms with E-state index >= 15 is 0 Å². The van der Waals surface area contributed by atoms with Gasteiger partial charge in [-0.05, 0) is 36.1 Å². The van der Waals surface area contributed by atoms with E-state index < -0.39 is 0 Å². The van der Waals surface area contributed by atoms with Crippen LogP contribution in [0.4, 0.5) is 5.13 Å². The van der Waals surface area contributed by atoms with Gasteiger partial charge in [0.15, 0.2) is 5.13 Å². The van der Waals surface area contributed by atoms with Gasteiger partial charge in [0, 0.05) is 27.4 Å². The highest BCUT2D eigenvalue weighted by atomic mass is 35.5. The van der Waals surface area contributed by atoms with Gasteiger partial charge in [0.25, 0.3) is 5.91 Å². The van der Waals surface area contributed by atoms with Crippen molar-refractivity contribution in [3.8, 4) is 0 Å². The fraction of sp³-hybridized carbons (Fsp3) is 0.111. The lowest BCUT2D eigenvalue weighted by Gasteiger charge is -2.06. The number of thiazole rings is 1. The Morgan fingerprint density at radius 1 is 1.21 bits per heavy atom. The fourth-order valence-corrected chi connectivity index (χ4v) is 3.81. The largest absolute Gasteiger partial charge is 0.298 e. The maximum absolute atomic E-state index is 12.4. The quantitative estimate of drug-likeness (QED) is 0.611. The topological polar surface area (TPSA) is 42.0 Å². The third-order valence-corrected chi connectivity index (χ3v) is 5.38. The van der Waals surface area contributed by atoms with Crippen LogP contribution in [0.3, 0.4) is 0 Å². The van der Waals surface area contributed by atoms with Gasteiger partial charge in [-0.2, -0.15) is 0 Å². The Morgan fingerprint density at radius 2 is 1.96 bits per heavy atom. The number of amides is 1. The molecule has 0 spiro atoms. The summed E-state index contributed by atoms with van der Waals surface area (Å²) in [4.78, 5) is 18.8. The molecule has 0 radical (unpaired) electrons. The van der Waals surface area contributed by atoms with Crippen LogP contribution in [0.5, 0.6) is 0 Å².